The first-order valence-corrected chi connectivity index (χ1v) is 17.0. The van der Waals surface area contributed by atoms with Gasteiger partial charge in [-0.05, 0) is 76.3 Å². The van der Waals surface area contributed by atoms with E-state index in [1.807, 2.05) is 45.9 Å². The van der Waals surface area contributed by atoms with Crippen molar-refractivity contribution in [2.75, 3.05) is 24.4 Å². The quantitative estimate of drug-likeness (QED) is 0.306. The lowest BCUT2D eigenvalue weighted by atomic mass is 10.00. The summed E-state index contributed by atoms with van der Waals surface area (Å²) in [6.07, 6.45) is -1.06. The summed E-state index contributed by atoms with van der Waals surface area (Å²) in [4.78, 5) is 38.2. The Labute approximate surface area is 276 Å². The average molecular weight is 672 g/mol. The molecule has 2 atom stereocenters. The molecule has 2 N–H and O–H groups in total. The van der Waals surface area contributed by atoms with Gasteiger partial charge in [0.05, 0.1) is 29.3 Å². The molecule has 3 aromatic rings. The van der Waals surface area contributed by atoms with E-state index in [0.29, 0.717) is 12.1 Å². The van der Waals surface area contributed by atoms with E-state index in [1.54, 1.807) is 26.8 Å². The van der Waals surface area contributed by atoms with Gasteiger partial charge in [0.15, 0.2) is 0 Å². The third-order valence-electron chi connectivity index (χ3n) is 7.42. The maximum Gasteiger partial charge on any atom is 0.410 e. The minimum atomic E-state index is -4.25. The van der Waals surface area contributed by atoms with Gasteiger partial charge in [-0.15, -0.1) is 0 Å². The van der Waals surface area contributed by atoms with Crippen LogP contribution in [0, 0.1) is 19.8 Å². The first-order chi connectivity index (χ1) is 21.4. The molecule has 0 unspecified atom stereocenters. The molecule has 1 aliphatic rings. The normalized spacial score (nSPS) is 17.5. The third-order valence-corrected chi connectivity index (χ3v) is 8.94. The number of halogens is 1. The van der Waals surface area contributed by atoms with Crippen molar-refractivity contribution in [3.05, 3.63) is 70.4 Å². The smallest absolute Gasteiger partial charge is 0.410 e. The number of aryl methyl sites for hydroxylation is 2. The van der Waals surface area contributed by atoms with E-state index in [-0.39, 0.29) is 47.1 Å². The molecule has 13 heteroatoms. The lowest BCUT2D eigenvalue weighted by molar-refractivity contribution is 0.0171. The molecule has 46 heavy (non-hydrogen) atoms. The number of sulfonamides is 1. The zero-order valence-corrected chi connectivity index (χ0v) is 28.8. The number of carbonyl (C=O) groups is 2. The van der Waals surface area contributed by atoms with E-state index in [4.69, 9.17) is 16.3 Å². The first kappa shape index (κ1) is 35.1. The van der Waals surface area contributed by atoms with Crippen molar-refractivity contribution < 1.29 is 27.9 Å². The highest BCUT2D eigenvalue weighted by Crippen LogP contribution is 2.29. The highest BCUT2D eigenvalue weighted by molar-refractivity contribution is 7.92. The SMILES string of the molecule is Cc1cccc(C)c1-c1cc(Cl)nc(NS(=O)(=O)c2cccc(C(=O)N3C[C@H](O)CN(C(=O)OC(C)(C)C)C[C@H]3CC(C)C)c2)n1. The van der Waals surface area contributed by atoms with E-state index < -0.39 is 39.8 Å². The molecule has 0 aliphatic carbocycles. The molecule has 0 radical (unpaired) electrons. The van der Waals surface area contributed by atoms with E-state index in [1.165, 1.54) is 34.1 Å². The number of aliphatic hydroxyl groups is 1. The number of aliphatic hydroxyl groups excluding tert-OH is 1. The van der Waals surface area contributed by atoms with Crippen LogP contribution in [0.15, 0.2) is 53.4 Å². The second-order valence-electron chi connectivity index (χ2n) is 13.1. The number of hydrogen-bond donors (Lipinski definition) is 2. The summed E-state index contributed by atoms with van der Waals surface area (Å²) in [5.41, 5.74) is 2.55. The molecule has 2 amide bonds. The molecular formula is C33H42ClN5O6S. The number of β-amino-alcohol motifs (C(OH)–C–C–N with tert-alkyl or cyclic N) is 1. The van der Waals surface area contributed by atoms with Crippen LogP contribution in [0.1, 0.15) is 62.5 Å². The summed E-state index contributed by atoms with van der Waals surface area (Å²) < 4.78 is 35.0. The van der Waals surface area contributed by atoms with Crippen LogP contribution >= 0.6 is 11.6 Å². The molecule has 1 aromatic heterocycles. The zero-order chi connectivity index (χ0) is 34.0. The van der Waals surface area contributed by atoms with Gasteiger partial charge in [0.1, 0.15) is 10.8 Å². The molecule has 0 bridgehead atoms. The molecule has 248 valence electrons. The van der Waals surface area contributed by atoms with Gasteiger partial charge < -0.3 is 19.6 Å². The van der Waals surface area contributed by atoms with Crippen molar-refractivity contribution in [2.45, 2.75) is 77.5 Å². The zero-order valence-electron chi connectivity index (χ0n) is 27.2. The van der Waals surface area contributed by atoms with E-state index >= 15 is 0 Å². The summed E-state index contributed by atoms with van der Waals surface area (Å²) in [5.74, 6) is -0.515. The molecule has 0 saturated carbocycles. The number of amides is 2. The molecule has 4 rings (SSSR count). The Morgan fingerprint density at radius 3 is 2.33 bits per heavy atom. The Hall–Kier alpha value is -3.74. The van der Waals surface area contributed by atoms with Crippen LogP contribution in [0.5, 0.6) is 0 Å². The van der Waals surface area contributed by atoms with Gasteiger partial charge in [-0.3, -0.25) is 4.79 Å². The van der Waals surface area contributed by atoms with Crippen LogP contribution in [-0.2, 0) is 14.8 Å². The van der Waals surface area contributed by atoms with Gasteiger partial charge >= 0.3 is 6.09 Å². The number of nitrogens with zero attached hydrogens (tertiary/aromatic N) is 4. The Bertz CT molecular complexity index is 1690. The average Bonchev–Trinajstić information content (AvgIpc) is 3.09. The van der Waals surface area contributed by atoms with Crippen LogP contribution in [0.2, 0.25) is 5.15 Å². The van der Waals surface area contributed by atoms with Gasteiger partial charge in [0, 0.05) is 30.3 Å². The topological polar surface area (TPSA) is 142 Å². The number of rotatable bonds is 7. The largest absolute Gasteiger partial charge is 0.444 e. The minimum absolute atomic E-state index is 0.00468. The monoisotopic (exact) mass is 671 g/mol. The number of benzene rings is 2. The van der Waals surface area contributed by atoms with Crippen LogP contribution in [0.25, 0.3) is 11.3 Å². The van der Waals surface area contributed by atoms with Crippen LogP contribution in [0.4, 0.5) is 10.7 Å². The fourth-order valence-corrected chi connectivity index (χ4v) is 6.71. The summed E-state index contributed by atoms with van der Waals surface area (Å²) >= 11 is 6.28. The van der Waals surface area contributed by atoms with Crippen molar-refractivity contribution in [2.24, 2.45) is 5.92 Å². The Morgan fingerprint density at radius 1 is 1.04 bits per heavy atom. The van der Waals surface area contributed by atoms with E-state index in [2.05, 4.69) is 14.7 Å². The number of aromatic nitrogens is 2. The first-order valence-electron chi connectivity index (χ1n) is 15.1. The van der Waals surface area contributed by atoms with Gasteiger partial charge in [0.2, 0.25) is 5.95 Å². The van der Waals surface area contributed by atoms with E-state index in [0.717, 1.165) is 16.7 Å². The van der Waals surface area contributed by atoms with Gasteiger partial charge in [0.25, 0.3) is 15.9 Å². The van der Waals surface area contributed by atoms with Crippen molar-refractivity contribution in [3.8, 4) is 11.3 Å². The van der Waals surface area contributed by atoms with Crippen LogP contribution < -0.4 is 4.72 Å². The lowest BCUT2D eigenvalue weighted by Crippen LogP contribution is -2.47. The summed E-state index contributed by atoms with van der Waals surface area (Å²) in [7, 11) is -4.25. The molecule has 1 aliphatic heterocycles. The number of carbonyl (C=O) groups excluding carboxylic acids is 2. The fraction of sp³-hybridized carbons (Fsp3) is 0.455. The maximum absolute atomic E-state index is 14.0. The van der Waals surface area contributed by atoms with Gasteiger partial charge in [-0.25, -0.2) is 27.9 Å². The third kappa shape index (κ3) is 8.74. The Kier molecular flexibility index (Phi) is 10.6. The van der Waals surface area contributed by atoms with Crippen LogP contribution in [0.3, 0.4) is 0 Å². The Morgan fingerprint density at radius 2 is 1.70 bits per heavy atom. The minimum Gasteiger partial charge on any atom is -0.444 e. The molecule has 0 spiro atoms. The maximum atomic E-state index is 14.0. The van der Waals surface area contributed by atoms with Crippen molar-refractivity contribution in [3.63, 3.8) is 0 Å². The van der Waals surface area contributed by atoms with Gasteiger partial charge in [-0.1, -0.05) is 49.7 Å². The van der Waals surface area contributed by atoms with Crippen molar-refractivity contribution in [1.29, 1.82) is 0 Å². The predicted octanol–water partition coefficient (Wildman–Crippen LogP) is 5.68. The summed E-state index contributed by atoms with van der Waals surface area (Å²) in [6, 6.07) is 12.5. The molecular weight excluding hydrogens is 630 g/mol. The van der Waals surface area contributed by atoms with E-state index in [9.17, 15) is 23.1 Å². The van der Waals surface area contributed by atoms with Crippen molar-refractivity contribution >= 4 is 39.6 Å². The van der Waals surface area contributed by atoms with Crippen LogP contribution in [-0.4, -0.2) is 82.7 Å². The number of ether oxygens (including phenoxy) is 1. The molecule has 2 aromatic carbocycles. The fourth-order valence-electron chi connectivity index (χ4n) is 5.54. The molecule has 1 fully saturated rings. The summed E-state index contributed by atoms with van der Waals surface area (Å²) in [5, 5.41) is 10.9. The molecule has 11 nitrogen and oxygen atoms in total. The highest BCUT2D eigenvalue weighted by atomic mass is 35.5. The Balaban J connectivity index is 1.62. The molecule has 2 heterocycles. The number of hydrogen-bond acceptors (Lipinski definition) is 8. The lowest BCUT2D eigenvalue weighted by Gasteiger charge is -2.33. The second kappa shape index (κ2) is 13.9. The summed E-state index contributed by atoms with van der Waals surface area (Å²) in [6.45, 7) is 13.3. The van der Waals surface area contributed by atoms with Gasteiger partial charge in [-0.2, -0.15) is 0 Å². The number of nitrogens with one attached hydrogen (secondary N) is 1. The predicted molar refractivity (Wildman–Crippen MR) is 177 cm³/mol. The van der Waals surface area contributed by atoms with Crippen molar-refractivity contribution in [1.82, 2.24) is 19.8 Å². The number of anilines is 1. The standard InChI is InChI=1S/C33H42ClN5O6S/c1-20(2)14-24-17-38(32(42)45-33(5,6)7)18-25(40)19-39(24)30(41)23-12-9-13-26(15-23)46(43,44)37-31-35-27(16-28(34)36-31)29-21(3)10-8-11-22(29)4/h8-13,15-16,20,24-25,40H,14,17-19H2,1-7H3,(H,35,36,37)/t24-,25-/m1/s1. The highest BCUT2D eigenvalue weighted by Gasteiger charge is 2.36. The molecule has 1 saturated heterocycles. The second-order valence-corrected chi connectivity index (χ2v) is 15.1.